The zero-order valence-electron chi connectivity index (χ0n) is 8.20. The predicted octanol–water partition coefficient (Wildman–Crippen LogP) is 2.40. The van der Waals surface area contributed by atoms with Crippen LogP contribution in [0.1, 0.15) is 29.8 Å². The van der Waals surface area contributed by atoms with Crippen molar-refractivity contribution in [3.05, 3.63) is 35.4 Å². The second kappa shape index (κ2) is 6.12. The third-order valence-corrected chi connectivity index (χ3v) is 1.41. The molecule has 2 heteroatoms. The Morgan fingerprint density at radius 2 is 1.92 bits per heavy atom. The van der Waals surface area contributed by atoms with Gasteiger partial charge in [0.15, 0.2) is 6.29 Å². The lowest BCUT2D eigenvalue weighted by Gasteiger charge is -1.94. The molecule has 0 atom stereocenters. The lowest BCUT2D eigenvalue weighted by atomic mass is 10.1. The second-order valence-corrected chi connectivity index (χ2v) is 2.35. The first kappa shape index (κ1) is 11.6. The van der Waals surface area contributed by atoms with Crippen LogP contribution < -0.4 is 0 Å². The fraction of sp³-hybridized carbons (Fsp3) is 0.273. The zero-order valence-corrected chi connectivity index (χ0v) is 8.20. The van der Waals surface area contributed by atoms with E-state index in [0.29, 0.717) is 11.8 Å². The molecule has 0 radical (unpaired) electrons. The van der Waals surface area contributed by atoms with Gasteiger partial charge in [0, 0.05) is 5.56 Å². The largest absolute Gasteiger partial charge is 0.294 e. The molecule has 0 spiro atoms. The summed E-state index contributed by atoms with van der Waals surface area (Å²) in [6, 6.07) is 6.95. The third-order valence-electron chi connectivity index (χ3n) is 1.41. The number of Topliss-reactive ketones (excluding diaryl/α,β-unsaturated/α-hetero) is 1. The van der Waals surface area contributed by atoms with Crippen molar-refractivity contribution >= 4 is 12.1 Å². The van der Waals surface area contributed by atoms with E-state index in [1.54, 1.807) is 18.2 Å². The van der Waals surface area contributed by atoms with Gasteiger partial charge in [0.1, 0.15) is 0 Å². The van der Waals surface area contributed by atoms with E-state index in [4.69, 9.17) is 0 Å². The Morgan fingerprint density at radius 1 is 1.31 bits per heavy atom. The SMILES string of the molecule is CC.Cc1cccc(C(=O)C=O)c1. The molecule has 1 rings (SSSR count). The van der Waals surface area contributed by atoms with E-state index in [0.717, 1.165) is 5.56 Å². The highest BCUT2D eigenvalue weighted by atomic mass is 16.2. The van der Waals surface area contributed by atoms with Gasteiger partial charge < -0.3 is 0 Å². The normalized spacial score (nSPS) is 8.23. The summed E-state index contributed by atoms with van der Waals surface area (Å²) in [6.07, 6.45) is 0.328. The van der Waals surface area contributed by atoms with Gasteiger partial charge in [0.05, 0.1) is 0 Å². The Balaban J connectivity index is 0.000000671. The van der Waals surface area contributed by atoms with Crippen LogP contribution in [0.25, 0.3) is 0 Å². The van der Waals surface area contributed by atoms with Gasteiger partial charge in [-0.25, -0.2) is 0 Å². The molecular formula is C11H14O2. The number of aryl methyl sites for hydroxylation is 1. The first-order valence-corrected chi connectivity index (χ1v) is 4.30. The first-order valence-electron chi connectivity index (χ1n) is 4.30. The van der Waals surface area contributed by atoms with Crippen LogP contribution in [0, 0.1) is 6.92 Å². The highest BCUT2D eigenvalue weighted by Crippen LogP contribution is 2.03. The molecule has 1 aromatic rings. The summed E-state index contributed by atoms with van der Waals surface area (Å²) in [6.45, 7) is 5.88. The van der Waals surface area contributed by atoms with E-state index < -0.39 is 5.78 Å². The number of aldehydes is 1. The molecule has 0 aliphatic carbocycles. The Morgan fingerprint density at radius 3 is 2.38 bits per heavy atom. The number of hydrogen-bond donors (Lipinski definition) is 0. The average Bonchev–Trinajstić information content (AvgIpc) is 2.20. The van der Waals surface area contributed by atoms with Crippen molar-refractivity contribution < 1.29 is 9.59 Å². The van der Waals surface area contributed by atoms with Crippen LogP contribution in [0.2, 0.25) is 0 Å². The molecule has 0 heterocycles. The van der Waals surface area contributed by atoms with Crippen LogP contribution >= 0.6 is 0 Å². The summed E-state index contributed by atoms with van der Waals surface area (Å²) in [7, 11) is 0. The average molecular weight is 178 g/mol. The van der Waals surface area contributed by atoms with Crippen LogP contribution in [0.3, 0.4) is 0 Å². The molecule has 0 aliphatic heterocycles. The maximum atomic E-state index is 10.8. The van der Waals surface area contributed by atoms with Gasteiger partial charge in [-0.15, -0.1) is 0 Å². The summed E-state index contributed by atoms with van der Waals surface area (Å²) in [5, 5.41) is 0. The molecule has 70 valence electrons. The topological polar surface area (TPSA) is 34.1 Å². The monoisotopic (exact) mass is 178 g/mol. The molecular weight excluding hydrogens is 164 g/mol. The molecule has 0 aliphatic rings. The maximum Gasteiger partial charge on any atom is 0.225 e. The molecule has 13 heavy (non-hydrogen) atoms. The number of carbonyl (C=O) groups is 2. The molecule has 1 aromatic carbocycles. The van der Waals surface area contributed by atoms with Gasteiger partial charge in [-0.1, -0.05) is 37.6 Å². The third kappa shape index (κ3) is 3.65. The highest BCUT2D eigenvalue weighted by molar-refractivity contribution is 6.33. The molecule has 0 unspecified atom stereocenters. The zero-order chi connectivity index (χ0) is 10.3. The summed E-state index contributed by atoms with van der Waals surface area (Å²) >= 11 is 0. The number of benzene rings is 1. The molecule has 2 nitrogen and oxygen atoms in total. The van der Waals surface area contributed by atoms with Crippen molar-refractivity contribution in [2.24, 2.45) is 0 Å². The van der Waals surface area contributed by atoms with E-state index in [9.17, 15) is 9.59 Å². The molecule has 0 saturated carbocycles. The van der Waals surface area contributed by atoms with E-state index >= 15 is 0 Å². The minimum atomic E-state index is -0.464. The predicted molar refractivity (Wildman–Crippen MR) is 52.9 cm³/mol. The van der Waals surface area contributed by atoms with Gasteiger partial charge in [0.25, 0.3) is 0 Å². The smallest absolute Gasteiger partial charge is 0.225 e. The van der Waals surface area contributed by atoms with Gasteiger partial charge in [0.2, 0.25) is 5.78 Å². The van der Waals surface area contributed by atoms with Gasteiger partial charge in [-0.2, -0.15) is 0 Å². The van der Waals surface area contributed by atoms with Crippen LogP contribution in [-0.2, 0) is 4.79 Å². The summed E-state index contributed by atoms with van der Waals surface area (Å²) in [5.74, 6) is -0.464. The lowest BCUT2D eigenvalue weighted by Crippen LogP contribution is -1.99. The summed E-state index contributed by atoms with van der Waals surface area (Å²) < 4.78 is 0. The Labute approximate surface area is 78.6 Å². The number of carbonyl (C=O) groups excluding carboxylic acids is 2. The van der Waals surface area contributed by atoms with Crippen LogP contribution in [0.4, 0.5) is 0 Å². The van der Waals surface area contributed by atoms with Crippen molar-refractivity contribution in [1.29, 1.82) is 0 Å². The van der Waals surface area contributed by atoms with Gasteiger partial charge in [-0.05, 0) is 13.0 Å². The minimum Gasteiger partial charge on any atom is -0.294 e. The Hall–Kier alpha value is -1.44. The van der Waals surface area contributed by atoms with Crippen molar-refractivity contribution in [1.82, 2.24) is 0 Å². The van der Waals surface area contributed by atoms with E-state index in [-0.39, 0.29) is 0 Å². The molecule has 0 aromatic heterocycles. The molecule has 0 fully saturated rings. The Bertz CT molecular complexity index is 290. The maximum absolute atomic E-state index is 10.8. The van der Waals surface area contributed by atoms with Crippen molar-refractivity contribution in [3.63, 3.8) is 0 Å². The van der Waals surface area contributed by atoms with Crippen molar-refractivity contribution in [3.8, 4) is 0 Å². The highest BCUT2D eigenvalue weighted by Gasteiger charge is 2.01. The number of hydrogen-bond acceptors (Lipinski definition) is 2. The van der Waals surface area contributed by atoms with Gasteiger partial charge >= 0.3 is 0 Å². The van der Waals surface area contributed by atoms with Crippen LogP contribution in [0.15, 0.2) is 24.3 Å². The molecule has 0 saturated heterocycles. The molecule has 0 amide bonds. The Kier molecular flexibility index (Phi) is 5.44. The van der Waals surface area contributed by atoms with E-state index in [2.05, 4.69) is 0 Å². The fourth-order valence-corrected chi connectivity index (χ4v) is 0.866. The minimum absolute atomic E-state index is 0.328. The van der Waals surface area contributed by atoms with Crippen LogP contribution in [-0.4, -0.2) is 12.1 Å². The standard InChI is InChI=1S/C9H8O2.C2H6/c1-7-3-2-4-8(5-7)9(11)6-10;1-2/h2-6H,1H3;1-2H3. The number of rotatable bonds is 2. The lowest BCUT2D eigenvalue weighted by molar-refractivity contribution is -0.104. The van der Waals surface area contributed by atoms with Crippen molar-refractivity contribution in [2.45, 2.75) is 20.8 Å². The quantitative estimate of drug-likeness (QED) is 0.396. The van der Waals surface area contributed by atoms with E-state index in [1.807, 2.05) is 26.8 Å². The summed E-state index contributed by atoms with van der Waals surface area (Å²) in [4.78, 5) is 20.9. The van der Waals surface area contributed by atoms with E-state index in [1.165, 1.54) is 0 Å². The second-order valence-electron chi connectivity index (χ2n) is 2.35. The first-order chi connectivity index (χ1) is 6.24. The molecule has 0 bridgehead atoms. The van der Waals surface area contributed by atoms with Gasteiger partial charge in [-0.3, -0.25) is 9.59 Å². The van der Waals surface area contributed by atoms with Crippen molar-refractivity contribution in [2.75, 3.05) is 0 Å². The van der Waals surface area contributed by atoms with Crippen LogP contribution in [0.5, 0.6) is 0 Å². The fourth-order valence-electron chi connectivity index (χ4n) is 0.866. The summed E-state index contributed by atoms with van der Waals surface area (Å²) in [5.41, 5.74) is 1.44. The number of ketones is 1. The molecule has 0 N–H and O–H groups in total.